The van der Waals surface area contributed by atoms with Crippen molar-refractivity contribution in [1.29, 1.82) is 0 Å². The maximum absolute atomic E-state index is 13.7. The highest BCUT2D eigenvalue weighted by Gasteiger charge is 2.28. The Morgan fingerprint density at radius 1 is 1.44 bits per heavy atom. The first-order valence-electron chi connectivity index (χ1n) is 5.53. The van der Waals surface area contributed by atoms with Gasteiger partial charge in [-0.15, -0.1) is 0 Å². The average Bonchev–Trinajstić information content (AvgIpc) is 2.22. The third-order valence-electron chi connectivity index (χ3n) is 3.47. The fourth-order valence-electron chi connectivity index (χ4n) is 1.61. The van der Waals surface area contributed by atoms with Crippen LogP contribution in [0.3, 0.4) is 0 Å². The fraction of sp³-hybridized carbons (Fsp3) is 0.538. The summed E-state index contributed by atoms with van der Waals surface area (Å²) in [5, 5.41) is 0. The van der Waals surface area contributed by atoms with E-state index in [2.05, 4.69) is 36.7 Å². The van der Waals surface area contributed by atoms with E-state index in [1.807, 2.05) is 12.1 Å². The minimum Gasteiger partial charge on any atom is -0.330 e. The van der Waals surface area contributed by atoms with Crippen LogP contribution < -0.4 is 5.73 Å². The summed E-state index contributed by atoms with van der Waals surface area (Å²) in [4.78, 5) is 0. The zero-order chi connectivity index (χ0) is 12.3. The molecule has 0 saturated heterocycles. The van der Waals surface area contributed by atoms with Gasteiger partial charge in [0.25, 0.3) is 0 Å². The molecule has 3 heteroatoms. The SMILES string of the molecule is CC(C)C(C)(CN)Cc1ccc(Br)cc1F. The molecule has 0 saturated carbocycles. The second kappa shape index (κ2) is 5.28. The number of benzene rings is 1. The lowest BCUT2D eigenvalue weighted by Crippen LogP contribution is -2.35. The topological polar surface area (TPSA) is 26.0 Å². The van der Waals surface area contributed by atoms with Crippen LogP contribution in [-0.4, -0.2) is 6.54 Å². The third kappa shape index (κ3) is 3.05. The van der Waals surface area contributed by atoms with E-state index in [1.54, 1.807) is 0 Å². The molecule has 0 aliphatic carbocycles. The Kier molecular flexibility index (Phi) is 4.51. The molecule has 0 aromatic heterocycles. The van der Waals surface area contributed by atoms with E-state index in [-0.39, 0.29) is 11.2 Å². The van der Waals surface area contributed by atoms with Crippen LogP contribution >= 0.6 is 15.9 Å². The Labute approximate surface area is 105 Å². The maximum atomic E-state index is 13.7. The quantitative estimate of drug-likeness (QED) is 0.897. The van der Waals surface area contributed by atoms with E-state index in [0.29, 0.717) is 18.9 Å². The first-order valence-corrected chi connectivity index (χ1v) is 6.32. The van der Waals surface area contributed by atoms with Crippen LogP contribution in [0.15, 0.2) is 22.7 Å². The van der Waals surface area contributed by atoms with Gasteiger partial charge in [-0.1, -0.05) is 42.8 Å². The van der Waals surface area contributed by atoms with Gasteiger partial charge in [0.1, 0.15) is 5.82 Å². The van der Waals surface area contributed by atoms with Gasteiger partial charge < -0.3 is 5.73 Å². The average molecular weight is 288 g/mol. The van der Waals surface area contributed by atoms with Crippen LogP contribution in [0, 0.1) is 17.2 Å². The summed E-state index contributed by atoms with van der Waals surface area (Å²) in [5.41, 5.74) is 6.50. The van der Waals surface area contributed by atoms with Crippen molar-refractivity contribution >= 4 is 15.9 Å². The Bertz CT molecular complexity index is 365. The van der Waals surface area contributed by atoms with E-state index in [4.69, 9.17) is 5.73 Å². The van der Waals surface area contributed by atoms with Crippen LogP contribution in [0.2, 0.25) is 0 Å². The van der Waals surface area contributed by atoms with Crippen LogP contribution in [0.5, 0.6) is 0 Å². The second-order valence-corrected chi connectivity index (χ2v) is 5.84. The summed E-state index contributed by atoms with van der Waals surface area (Å²) in [5.74, 6) is 0.273. The number of nitrogens with two attached hydrogens (primary N) is 1. The minimum atomic E-state index is -0.158. The van der Waals surface area contributed by atoms with Gasteiger partial charge >= 0.3 is 0 Å². The summed E-state index contributed by atoms with van der Waals surface area (Å²) < 4.78 is 14.5. The molecular formula is C13H19BrFN. The van der Waals surface area contributed by atoms with Gasteiger partial charge in [-0.05, 0) is 42.0 Å². The van der Waals surface area contributed by atoms with Crippen molar-refractivity contribution in [3.63, 3.8) is 0 Å². The molecule has 16 heavy (non-hydrogen) atoms. The monoisotopic (exact) mass is 287 g/mol. The molecule has 0 amide bonds. The first kappa shape index (κ1) is 13.7. The molecule has 0 spiro atoms. The van der Waals surface area contributed by atoms with E-state index in [0.717, 1.165) is 10.0 Å². The molecule has 0 radical (unpaired) electrons. The van der Waals surface area contributed by atoms with Crippen LogP contribution in [0.1, 0.15) is 26.3 Å². The zero-order valence-corrected chi connectivity index (χ0v) is 11.6. The number of hydrogen-bond acceptors (Lipinski definition) is 1. The second-order valence-electron chi connectivity index (χ2n) is 4.93. The Balaban J connectivity index is 2.95. The fourth-order valence-corrected chi connectivity index (χ4v) is 1.95. The molecule has 0 aliphatic heterocycles. The van der Waals surface area contributed by atoms with Crippen molar-refractivity contribution in [2.45, 2.75) is 27.2 Å². The lowest BCUT2D eigenvalue weighted by Gasteiger charge is -2.32. The summed E-state index contributed by atoms with van der Waals surface area (Å²) in [7, 11) is 0. The molecule has 1 atom stereocenters. The number of hydrogen-bond donors (Lipinski definition) is 1. The summed E-state index contributed by atoms with van der Waals surface area (Å²) in [6, 6.07) is 5.21. The predicted octanol–water partition coefficient (Wildman–Crippen LogP) is 3.75. The van der Waals surface area contributed by atoms with Gasteiger partial charge in [-0.3, -0.25) is 0 Å². The predicted molar refractivity (Wildman–Crippen MR) is 69.8 cm³/mol. The molecule has 0 aliphatic rings. The highest BCUT2D eigenvalue weighted by atomic mass is 79.9. The molecular weight excluding hydrogens is 269 g/mol. The Hall–Kier alpha value is -0.410. The van der Waals surface area contributed by atoms with Gasteiger partial charge in [-0.2, -0.15) is 0 Å². The van der Waals surface area contributed by atoms with Crippen molar-refractivity contribution in [1.82, 2.24) is 0 Å². The van der Waals surface area contributed by atoms with Gasteiger partial charge in [-0.25, -0.2) is 4.39 Å². The number of halogens is 2. The highest BCUT2D eigenvalue weighted by Crippen LogP contribution is 2.31. The molecule has 2 N–H and O–H groups in total. The molecule has 1 aromatic rings. The van der Waals surface area contributed by atoms with Gasteiger partial charge in [0.05, 0.1) is 0 Å². The molecule has 90 valence electrons. The Morgan fingerprint density at radius 3 is 2.50 bits per heavy atom. The highest BCUT2D eigenvalue weighted by molar-refractivity contribution is 9.10. The van der Waals surface area contributed by atoms with Crippen molar-refractivity contribution in [2.75, 3.05) is 6.54 Å². The maximum Gasteiger partial charge on any atom is 0.127 e. The van der Waals surface area contributed by atoms with Crippen molar-refractivity contribution in [2.24, 2.45) is 17.1 Å². The van der Waals surface area contributed by atoms with Crippen molar-refractivity contribution in [3.8, 4) is 0 Å². The van der Waals surface area contributed by atoms with Gasteiger partial charge in [0.15, 0.2) is 0 Å². The third-order valence-corrected chi connectivity index (χ3v) is 3.96. The lowest BCUT2D eigenvalue weighted by molar-refractivity contribution is 0.225. The van der Waals surface area contributed by atoms with Gasteiger partial charge in [0.2, 0.25) is 0 Å². The molecule has 0 bridgehead atoms. The largest absolute Gasteiger partial charge is 0.330 e. The van der Waals surface area contributed by atoms with Crippen molar-refractivity contribution in [3.05, 3.63) is 34.1 Å². The number of rotatable bonds is 4. The van der Waals surface area contributed by atoms with E-state index in [1.165, 1.54) is 6.07 Å². The van der Waals surface area contributed by atoms with Gasteiger partial charge in [0, 0.05) is 4.47 Å². The standard InChI is InChI=1S/C13H19BrFN/c1-9(2)13(3,8-16)7-10-4-5-11(14)6-12(10)15/h4-6,9H,7-8,16H2,1-3H3. The molecule has 1 aromatic carbocycles. The molecule has 1 nitrogen and oxygen atoms in total. The zero-order valence-electron chi connectivity index (χ0n) is 10.1. The molecule has 0 fully saturated rings. The summed E-state index contributed by atoms with van der Waals surface area (Å²) in [6.07, 6.45) is 0.681. The lowest BCUT2D eigenvalue weighted by atomic mass is 9.74. The van der Waals surface area contributed by atoms with E-state index in [9.17, 15) is 4.39 Å². The van der Waals surface area contributed by atoms with Crippen LogP contribution in [0.25, 0.3) is 0 Å². The summed E-state index contributed by atoms with van der Waals surface area (Å²) in [6.45, 7) is 6.94. The minimum absolute atomic E-state index is 0.0470. The Morgan fingerprint density at radius 2 is 2.06 bits per heavy atom. The normalized spacial score (nSPS) is 15.2. The molecule has 0 heterocycles. The summed E-state index contributed by atoms with van der Waals surface area (Å²) >= 11 is 3.26. The smallest absolute Gasteiger partial charge is 0.127 e. The van der Waals surface area contributed by atoms with Crippen LogP contribution in [-0.2, 0) is 6.42 Å². The molecule has 1 unspecified atom stereocenters. The van der Waals surface area contributed by atoms with Crippen molar-refractivity contribution < 1.29 is 4.39 Å². The molecule has 1 rings (SSSR count). The van der Waals surface area contributed by atoms with E-state index >= 15 is 0 Å². The van der Waals surface area contributed by atoms with Crippen LogP contribution in [0.4, 0.5) is 4.39 Å². The first-order chi connectivity index (χ1) is 7.39. The van der Waals surface area contributed by atoms with E-state index < -0.39 is 0 Å².